The van der Waals surface area contributed by atoms with Crippen LogP contribution in [0.15, 0.2) is 18.3 Å². The number of aromatic carboxylic acids is 1. The van der Waals surface area contributed by atoms with Crippen LogP contribution in [0.25, 0.3) is 0 Å². The number of pyridine rings is 1. The number of carbonyl (C=O) groups is 1. The smallest absolute Gasteiger partial charge is 0.418 e. The highest BCUT2D eigenvalue weighted by Gasteiger charge is 2.39. The third-order valence-electron chi connectivity index (χ3n) is 5.46. The monoisotopic (exact) mass is 446 g/mol. The summed E-state index contributed by atoms with van der Waals surface area (Å²) >= 11 is 0. The van der Waals surface area contributed by atoms with Crippen LogP contribution in [0.3, 0.4) is 0 Å². The van der Waals surface area contributed by atoms with E-state index >= 15 is 0 Å². The Morgan fingerprint density at radius 3 is 2.19 bits per heavy atom. The number of alkyl halides is 3. The fourth-order valence-corrected chi connectivity index (χ4v) is 3.38. The van der Waals surface area contributed by atoms with Gasteiger partial charge in [0.15, 0.2) is 5.69 Å². The summed E-state index contributed by atoms with van der Waals surface area (Å²) in [6.45, 7) is 6.08. The van der Waals surface area contributed by atoms with Gasteiger partial charge in [0.05, 0.1) is 11.2 Å². The molecule has 0 aromatic carbocycles. The molecule has 0 bridgehead atoms. The van der Waals surface area contributed by atoms with Crippen LogP contribution in [0.2, 0.25) is 0 Å². The van der Waals surface area contributed by atoms with Gasteiger partial charge in [0.25, 0.3) is 0 Å². The normalized spacial score (nSPS) is 15.7. The van der Waals surface area contributed by atoms with E-state index in [0.29, 0.717) is 12.0 Å². The lowest BCUT2D eigenvalue weighted by Gasteiger charge is -2.23. The summed E-state index contributed by atoms with van der Waals surface area (Å²) in [5.41, 5.74) is -2.67. The molecule has 1 heterocycles. The predicted molar refractivity (Wildman–Crippen MR) is 115 cm³/mol. The van der Waals surface area contributed by atoms with Gasteiger partial charge in [-0.15, -0.1) is 0 Å². The molecule has 0 saturated heterocycles. The first-order chi connectivity index (χ1) is 14.6. The zero-order valence-electron chi connectivity index (χ0n) is 18.7. The van der Waals surface area contributed by atoms with Gasteiger partial charge in [0.1, 0.15) is 0 Å². The summed E-state index contributed by atoms with van der Waals surface area (Å²) in [6, 6.07) is 1.71. The molecule has 178 valence electrons. The van der Waals surface area contributed by atoms with Crippen molar-refractivity contribution in [3.63, 3.8) is 0 Å². The Labute approximate surface area is 183 Å². The molecule has 5 nitrogen and oxygen atoms in total. The van der Waals surface area contributed by atoms with Crippen molar-refractivity contribution < 1.29 is 28.2 Å². The number of carboxylic acid groups (broad SMARTS) is 1. The van der Waals surface area contributed by atoms with E-state index in [-0.39, 0.29) is 0 Å². The standard InChI is InChI=1S/C16H33NO.C7H4F3NO2/c1-3-4-5-6-7-8-9-10-13-17-14-16(2,18)15-11-12-15;8-7(9,10)4-2-1-3-11-5(4)6(12)13/h15,17-18H,3-14H2,1-2H3;1-3H,(H,12,13). The van der Waals surface area contributed by atoms with E-state index in [1.54, 1.807) is 0 Å². The Hall–Kier alpha value is -1.67. The molecule has 1 aliphatic rings. The number of unbranched alkanes of at least 4 members (excludes halogenated alkanes) is 7. The zero-order valence-corrected chi connectivity index (χ0v) is 18.7. The number of nitrogens with one attached hydrogen (secondary N) is 1. The van der Waals surface area contributed by atoms with Crippen LogP contribution in [0.5, 0.6) is 0 Å². The molecule has 1 unspecified atom stereocenters. The first kappa shape index (κ1) is 27.4. The van der Waals surface area contributed by atoms with E-state index in [1.807, 2.05) is 6.92 Å². The minimum atomic E-state index is -4.68. The average molecular weight is 447 g/mol. The molecule has 0 radical (unpaired) electrons. The van der Waals surface area contributed by atoms with Gasteiger partial charge in [-0.3, -0.25) is 0 Å². The number of carboxylic acids is 1. The Bertz CT molecular complexity index is 647. The zero-order chi connectivity index (χ0) is 23.3. The molecule has 31 heavy (non-hydrogen) atoms. The molecule has 1 saturated carbocycles. The van der Waals surface area contributed by atoms with Crippen molar-refractivity contribution in [1.29, 1.82) is 0 Å². The molecule has 3 N–H and O–H groups in total. The summed E-state index contributed by atoms with van der Waals surface area (Å²) in [7, 11) is 0. The van der Waals surface area contributed by atoms with Crippen molar-refractivity contribution in [3.8, 4) is 0 Å². The fourth-order valence-electron chi connectivity index (χ4n) is 3.38. The molecule has 0 aliphatic heterocycles. The van der Waals surface area contributed by atoms with Crippen LogP contribution >= 0.6 is 0 Å². The summed E-state index contributed by atoms with van der Waals surface area (Å²) in [6.07, 6.45) is 9.70. The number of halogens is 3. The number of nitrogens with zero attached hydrogens (tertiary/aromatic N) is 1. The number of rotatable bonds is 13. The van der Waals surface area contributed by atoms with E-state index in [4.69, 9.17) is 5.11 Å². The van der Waals surface area contributed by atoms with Crippen molar-refractivity contribution >= 4 is 5.97 Å². The molecule has 2 rings (SSSR count). The molecule has 1 fully saturated rings. The van der Waals surface area contributed by atoms with Gasteiger partial charge in [0.2, 0.25) is 0 Å². The Balaban J connectivity index is 0.000000327. The Morgan fingerprint density at radius 1 is 1.13 bits per heavy atom. The average Bonchev–Trinajstić information content (AvgIpc) is 3.55. The van der Waals surface area contributed by atoms with Gasteiger partial charge in [-0.05, 0) is 50.8 Å². The van der Waals surface area contributed by atoms with Crippen LogP contribution in [-0.2, 0) is 6.18 Å². The Morgan fingerprint density at radius 2 is 1.71 bits per heavy atom. The SMILES string of the molecule is CCCCCCCCCCNCC(C)(O)C1CC1.O=C(O)c1ncccc1C(F)(F)F. The Kier molecular flexibility index (Phi) is 12.1. The second-order valence-electron chi connectivity index (χ2n) is 8.49. The van der Waals surface area contributed by atoms with Crippen LogP contribution in [0, 0.1) is 5.92 Å². The van der Waals surface area contributed by atoms with E-state index in [1.165, 1.54) is 64.2 Å². The summed E-state index contributed by atoms with van der Waals surface area (Å²) in [5.74, 6) is -1.13. The molecule has 8 heteroatoms. The molecule has 0 amide bonds. The number of aliphatic hydroxyl groups is 1. The highest BCUT2D eigenvalue weighted by molar-refractivity contribution is 5.87. The molecule has 1 aromatic rings. The topological polar surface area (TPSA) is 82.5 Å². The van der Waals surface area contributed by atoms with E-state index < -0.39 is 29.0 Å². The van der Waals surface area contributed by atoms with Crippen molar-refractivity contribution in [2.24, 2.45) is 5.92 Å². The minimum absolute atomic E-state index is 0.458. The molecule has 1 aromatic heterocycles. The van der Waals surface area contributed by atoms with E-state index in [9.17, 15) is 23.1 Å². The lowest BCUT2D eigenvalue weighted by atomic mass is 10.0. The van der Waals surface area contributed by atoms with Gasteiger partial charge < -0.3 is 15.5 Å². The molecular formula is C23H37F3N2O3. The van der Waals surface area contributed by atoms with Crippen LogP contribution < -0.4 is 5.32 Å². The predicted octanol–water partition coefficient (Wildman–Crippen LogP) is 5.68. The first-order valence-electron chi connectivity index (χ1n) is 11.3. The second kappa shape index (κ2) is 13.7. The number of hydrogen-bond donors (Lipinski definition) is 3. The lowest BCUT2D eigenvalue weighted by Crippen LogP contribution is -2.40. The van der Waals surface area contributed by atoms with E-state index in [0.717, 1.165) is 25.4 Å². The highest BCUT2D eigenvalue weighted by Crippen LogP contribution is 2.39. The summed E-state index contributed by atoms with van der Waals surface area (Å²) in [4.78, 5) is 13.4. The van der Waals surface area contributed by atoms with Crippen LogP contribution in [0.1, 0.15) is 94.1 Å². The van der Waals surface area contributed by atoms with Gasteiger partial charge in [0, 0.05) is 12.7 Å². The van der Waals surface area contributed by atoms with Gasteiger partial charge in [-0.2, -0.15) is 13.2 Å². The van der Waals surface area contributed by atoms with Crippen molar-refractivity contribution in [2.75, 3.05) is 13.1 Å². The maximum Gasteiger partial charge on any atom is 0.418 e. The highest BCUT2D eigenvalue weighted by atomic mass is 19.4. The molecule has 1 aliphatic carbocycles. The molecule has 1 atom stereocenters. The van der Waals surface area contributed by atoms with Crippen molar-refractivity contribution in [2.45, 2.75) is 89.8 Å². The van der Waals surface area contributed by atoms with Crippen LogP contribution in [-0.4, -0.2) is 39.9 Å². The third kappa shape index (κ3) is 11.5. The fraction of sp³-hybridized carbons (Fsp3) is 0.739. The minimum Gasteiger partial charge on any atom is -0.476 e. The van der Waals surface area contributed by atoms with Gasteiger partial charge >= 0.3 is 12.1 Å². The quantitative estimate of drug-likeness (QED) is 0.340. The summed E-state index contributed by atoms with van der Waals surface area (Å²) in [5, 5.41) is 21.9. The summed E-state index contributed by atoms with van der Waals surface area (Å²) < 4.78 is 36.3. The van der Waals surface area contributed by atoms with E-state index in [2.05, 4.69) is 17.2 Å². The largest absolute Gasteiger partial charge is 0.476 e. The number of aromatic nitrogens is 1. The molecule has 0 spiro atoms. The third-order valence-corrected chi connectivity index (χ3v) is 5.46. The molecular weight excluding hydrogens is 409 g/mol. The van der Waals surface area contributed by atoms with Crippen molar-refractivity contribution in [1.82, 2.24) is 10.3 Å². The van der Waals surface area contributed by atoms with Crippen molar-refractivity contribution in [3.05, 3.63) is 29.6 Å². The number of hydrogen-bond acceptors (Lipinski definition) is 4. The lowest BCUT2D eigenvalue weighted by molar-refractivity contribution is -0.138. The second-order valence-corrected chi connectivity index (χ2v) is 8.49. The van der Waals surface area contributed by atoms with Gasteiger partial charge in [-0.1, -0.05) is 51.9 Å². The van der Waals surface area contributed by atoms with Crippen LogP contribution in [0.4, 0.5) is 13.2 Å². The van der Waals surface area contributed by atoms with Gasteiger partial charge in [-0.25, -0.2) is 9.78 Å². The first-order valence-corrected chi connectivity index (χ1v) is 11.3. The maximum absolute atomic E-state index is 12.1. The maximum atomic E-state index is 12.1.